The van der Waals surface area contributed by atoms with Gasteiger partial charge < -0.3 is 15.4 Å². The van der Waals surface area contributed by atoms with Gasteiger partial charge in [0.05, 0.1) is 13.2 Å². The largest absolute Gasteiger partial charge is 0.379 e. The molecule has 6 nitrogen and oxygen atoms in total. The SMILES string of the molecule is CC(C)C[C@H](NC(=O)c1ccc(Cl)cc1)C(=O)Nc1ccc(CN2CCOCC2)cc1. The fourth-order valence-corrected chi connectivity index (χ4v) is 3.61. The van der Waals surface area contributed by atoms with Gasteiger partial charge in [-0.25, -0.2) is 0 Å². The van der Waals surface area contributed by atoms with Gasteiger partial charge in [0, 0.05) is 35.9 Å². The summed E-state index contributed by atoms with van der Waals surface area (Å²) in [6.07, 6.45) is 0.542. The highest BCUT2D eigenvalue weighted by molar-refractivity contribution is 6.30. The van der Waals surface area contributed by atoms with Crippen molar-refractivity contribution < 1.29 is 14.3 Å². The summed E-state index contributed by atoms with van der Waals surface area (Å²) in [5, 5.41) is 6.35. The Morgan fingerprint density at radius 1 is 1.03 bits per heavy atom. The van der Waals surface area contributed by atoms with E-state index >= 15 is 0 Å². The molecule has 31 heavy (non-hydrogen) atoms. The molecule has 0 bridgehead atoms. The standard InChI is InChI=1S/C24H30ClN3O3/c1-17(2)15-22(27-23(29)19-5-7-20(25)8-6-19)24(30)26-21-9-3-18(4-10-21)16-28-11-13-31-14-12-28/h3-10,17,22H,11-16H2,1-2H3,(H,26,30)(H,27,29)/t22-/m0/s1. The van der Waals surface area contributed by atoms with Gasteiger partial charge in [-0.05, 0) is 54.3 Å². The van der Waals surface area contributed by atoms with E-state index in [4.69, 9.17) is 16.3 Å². The van der Waals surface area contributed by atoms with Gasteiger partial charge in [0.2, 0.25) is 5.91 Å². The van der Waals surface area contributed by atoms with Crippen molar-refractivity contribution >= 4 is 29.1 Å². The minimum Gasteiger partial charge on any atom is -0.379 e. The molecule has 166 valence electrons. The summed E-state index contributed by atoms with van der Waals surface area (Å²) in [6, 6.07) is 13.8. The van der Waals surface area contributed by atoms with E-state index in [1.807, 2.05) is 38.1 Å². The number of hydrogen-bond donors (Lipinski definition) is 2. The number of morpholine rings is 1. The van der Waals surface area contributed by atoms with E-state index < -0.39 is 6.04 Å². The lowest BCUT2D eigenvalue weighted by molar-refractivity contribution is -0.118. The van der Waals surface area contributed by atoms with Crippen LogP contribution in [0.5, 0.6) is 0 Å². The zero-order valence-corrected chi connectivity index (χ0v) is 18.8. The Morgan fingerprint density at radius 3 is 2.29 bits per heavy atom. The summed E-state index contributed by atoms with van der Waals surface area (Å²) in [5.74, 6) is -0.271. The zero-order valence-electron chi connectivity index (χ0n) is 18.1. The Kier molecular flexibility index (Phi) is 8.46. The van der Waals surface area contributed by atoms with E-state index in [2.05, 4.69) is 15.5 Å². The number of amides is 2. The number of anilines is 1. The van der Waals surface area contributed by atoms with Gasteiger partial charge in [-0.1, -0.05) is 37.6 Å². The topological polar surface area (TPSA) is 70.7 Å². The van der Waals surface area contributed by atoms with Crippen molar-refractivity contribution in [1.29, 1.82) is 0 Å². The molecule has 7 heteroatoms. The van der Waals surface area contributed by atoms with Gasteiger partial charge in [0.15, 0.2) is 0 Å². The Balaban J connectivity index is 1.60. The lowest BCUT2D eigenvalue weighted by Gasteiger charge is -2.26. The molecule has 2 N–H and O–H groups in total. The van der Waals surface area contributed by atoms with Crippen LogP contribution in [0, 0.1) is 5.92 Å². The van der Waals surface area contributed by atoms with E-state index in [1.54, 1.807) is 24.3 Å². The number of halogens is 1. The van der Waals surface area contributed by atoms with Gasteiger partial charge in [0.25, 0.3) is 5.91 Å². The maximum Gasteiger partial charge on any atom is 0.251 e. The second-order valence-corrected chi connectivity index (χ2v) is 8.67. The number of ether oxygens (including phenoxy) is 1. The zero-order chi connectivity index (χ0) is 22.2. The number of rotatable bonds is 8. The number of nitrogens with one attached hydrogen (secondary N) is 2. The maximum absolute atomic E-state index is 12.9. The molecule has 1 atom stereocenters. The molecule has 2 aromatic rings. The highest BCUT2D eigenvalue weighted by Crippen LogP contribution is 2.15. The van der Waals surface area contributed by atoms with Crippen LogP contribution in [0.1, 0.15) is 36.2 Å². The molecule has 0 aromatic heterocycles. The van der Waals surface area contributed by atoms with E-state index in [0.29, 0.717) is 22.7 Å². The molecule has 0 unspecified atom stereocenters. The molecule has 1 aliphatic heterocycles. The lowest BCUT2D eigenvalue weighted by atomic mass is 10.0. The number of carbonyl (C=O) groups is 2. The first kappa shape index (κ1) is 23.3. The van der Waals surface area contributed by atoms with Gasteiger partial charge in [-0.3, -0.25) is 14.5 Å². The number of carbonyl (C=O) groups excluding carboxylic acids is 2. The second-order valence-electron chi connectivity index (χ2n) is 8.24. The molecule has 0 spiro atoms. The first-order chi connectivity index (χ1) is 14.9. The summed E-state index contributed by atoms with van der Waals surface area (Å²) in [5.41, 5.74) is 2.37. The Hall–Kier alpha value is -2.41. The van der Waals surface area contributed by atoms with Gasteiger partial charge in [0.1, 0.15) is 6.04 Å². The number of hydrogen-bond acceptors (Lipinski definition) is 4. The third kappa shape index (κ3) is 7.35. The fraction of sp³-hybridized carbons (Fsp3) is 0.417. The predicted octanol–water partition coefficient (Wildman–Crippen LogP) is 3.96. The molecule has 1 aliphatic rings. The molecule has 2 amide bonds. The average Bonchev–Trinajstić information content (AvgIpc) is 2.75. The third-order valence-corrected chi connectivity index (χ3v) is 5.42. The van der Waals surface area contributed by atoms with Crippen molar-refractivity contribution in [1.82, 2.24) is 10.2 Å². The summed E-state index contributed by atoms with van der Waals surface area (Å²) >= 11 is 5.89. The Bertz CT molecular complexity index is 863. The van der Waals surface area contributed by atoms with Crippen molar-refractivity contribution in [2.75, 3.05) is 31.6 Å². The molecular weight excluding hydrogens is 414 g/mol. The minimum atomic E-state index is -0.629. The van der Waals surface area contributed by atoms with Crippen molar-refractivity contribution in [2.45, 2.75) is 32.9 Å². The smallest absolute Gasteiger partial charge is 0.251 e. The highest BCUT2D eigenvalue weighted by atomic mass is 35.5. The molecular formula is C24H30ClN3O3. The fourth-order valence-electron chi connectivity index (χ4n) is 3.49. The van der Waals surface area contributed by atoms with Crippen LogP contribution in [0.15, 0.2) is 48.5 Å². The highest BCUT2D eigenvalue weighted by Gasteiger charge is 2.23. The Labute approximate surface area is 188 Å². The average molecular weight is 444 g/mol. The second kappa shape index (κ2) is 11.3. The summed E-state index contributed by atoms with van der Waals surface area (Å²) in [4.78, 5) is 27.8. The molecule has 0 radical (unpaired) electrons. The lowest BCUT2D eigenvalue weighted by Crippen LogP contribution is -2.44. The monoisotopic (exact) mass is 443 g/mol. The van der Waals surface area contributed by atoms with Crippen LogP contribution in [-0.4, -0.2) is 49.1 Å². The number of nitrogens with zero attached hydrogens (tertiary/aromatic N) is 1. The van der Waals surface area contributed by atoms with Crippen molar-refractivity contribution in [3.8, 4) is 0 Å². The first-order valence-corrected chi connectivity index (χ1v) is 11.0. The quantitative estimate of drug-likeness (QED) is 0.648. The Morgan fingerprint density at radius 2 is 1.68 bits per heavy atom. The van der Waals surface area contributed by atoms with E-state index in [0.717, 1.165) is 32.8 Å². The van der Waals surface area contributed by atoms with Crippen LogP contribution >= 0.6 is 11.6 Å². The van der Waals surface area contributed by atoms with E-state index in [-0.39, 0.29) is 17.7 Å². The molecule has 1 fully saturated rings. The van der Waals surface area contributed by atoms with Gasteiger partial charge in [-0.2, -0.15) is 0 Å². The van der Waals surface area contributed by atoms with E-state index in [1.165, 1.54) is 5.56 Å². The van der Waals surface area contributed by atoms with Crippen LogP contribution in [0.4, 0.5) is 5.69 Å². The van der Waals surface area contributed by atoms with Crippen LogP contribution < -0.4 is 10.6 Å². The van der Waals surface area contributed by atoms with Crippen molar-refractivity contribution in [2.24, 2.45) is 5.92 Å². The molecule has 3 rings (SSSR count). The van der Waals surface area contributed by atoms with Crippen LogP contribution in [0.2, 0.25) is 5.02 Å². The van der Waals surface area contributed by atoms with Crippen LogP contribution in [0.3, 0.4) is 0 Å². The predicted molar refractivity (Wildman–Crippen MR) is 123 cm³/mol. The third-order valence-electron chi connectivity index (χ3n) is 5.17. The van der Waals surface area contributed by atoms with Crippen LogP contribution in [0.25, 0.3) is 0 Å². The molecule has 1 saturated heterocycles. The van der Waals surface area contributed by atoms with Crippen molar-refractivity contribution in [3.05, 3.63) is 64.7 Å². The molecule has 2 aromatic carbocycles. The summed E-state index contributed by atoms with van der Waals surface area (Å²) in [6.45, 7) is 8.32. The van der Waals surface area contributed by atoms with E-state index in [9.17, 15) is 9.59 Å². The van der Waals surface area contributed by atoms with Gasteiger partial charge in [-0.15, -0.1) is 0 Å². The van der Waals surface area contributed by atoms with Gasteiger partial charge >= 0.3 is 0 Å². The first-order valence-electron chi connectivity index (χ1n) is 10.7. The number of benzene rings is 2. The molecule has 0 aliphatic carbocycles. The molecule has 1 heterocycles. The summed E-state index contributed by atoms with van der Waals surface area (Å²) < 4.78 is 5.39. The normalized spacial score (nSPS) is 15.5. The minimum absolute atomic E-state index is 0.225. The molecule has 0 saturated carbocycles. The van der Waals surface area contributed by atoms with Crippen LogP contribution in [-0.2, 0) is 16.1 Å². The summed E-state index contributed by atoms with van der Waals surface area (Å²) in [7, 11) is 0. The van der Waals surface area contributed by atoms with Crippen molar-refractivity contribution in [3.63, 3.8) is 0 Å². The maximum atomic E-state index is 12.9.